The van der Waals surface area contributed by atoms with Crippen molar-refractivity contribution < 1.29 is 0 Å². The van der Waals surface area contributed by atoms with Crippen molar-refractivity contribution in [3.05, 3.63) is 16.1 Å². The van der Waals surface area contributed by atoms with Crippen LogP contribution in [0.5, 0.6) is 0 Å². The van der Waals surface area contributed by atoms with Crippen LogP contribution in [0.4, 0.5) is 11.6 Å². The van der Waals surface area contributed by atoms with Crippen LogP contribution in [0.2, 0.25) is 10.0 Å². The third-order valence-electron chi connectivity index (χ3n) is 3.20. The van der Waals surface area contributed by atoms with Gasteiger partial charge in [-0.15, -0.1) is 0 Å². The number of rotatable bonds is 5. The molecule has 1 aromatic heterocycles. The standard InChI is InChI=1S/C13H19Cl2N3/c1-8(2)18(7-9-4-5-9)13-11(15)6-10(14)12(16-3)17-13/h6,8-9H,4-5,7H2,1-3H3,(H,16,17). The van der Waals surface area contributed by atoms with E-state index in [1.807, 2.05) is 7.05 Å². The van der Waals surface area contributed by atoms with E-state index in [1.54, 1.807) is 6.07 Å². The van der Waals surface area contributed by atoms with E-state index in [2.05, 4.69) is 29.0 Å². The van der Waals surface area contributed by atoms with E-state index in [-0.39, 0.29) is 0 Å². The first-order valence-electron chi connectivity index (χ1n) is 6.33. The van der Waals surface area contributed by atoms with Crippen molar-refractivity contribution in [2.45, 2.75) is 32.7 Å². The zero-order valence-electron chi connectivity index (χ0n) is 11.0. The first-order chi connectivity index (χ1) is 8.52. The van der Waals surface area contributed by atoms with Crippen molar-refractivity contribution in [2.24, 2.45) is 5.92 Å². The lowest BCUT2D eigenvalue weighted by atomic mass is 10.2. The summed E-state index contributed by atoms with van der Waals surface area (Å²) in [6.07, 6.45) is 2.63. The van der Waals surface area contributed by atoms with Gasteiger partial charge in [-0.2, -0.15) is 0 Å². The first kappa shape index (κ1) is 13.8. The van der Waals surface area contributed by atoms with Crippen LogP contribution in [0, 0.1) is 5.92 Å². The van der Waals surface area contributed by atoms with Crippen LogP contribution in [-0.4, -0.2) is 24.6 Å². The number of hydrogen-bond acceptors (Lipinski definition) is 3. The van der Waals surface area contributed by atoms with Gasteiger partial charge in [0.2, 0.25) is 0 Å². The van der Waals surface area contributed by atoms with E-state index < -0.39 is 0 Å². The van der Waals surface area contributed by atoms with Gasteiger partial charge in [0.1, 0.15) is 11.6 Å². The van der Waals surface area contributed by atoms with Gasteiger partial charge in [-0.05, 0) is 38.7 Å². The summed E-state index contributed by atoms with van der Waals surface area (Å²) < 4.78 is 0. The number of pyridine rings is 1. The van der Waals surface area contributed by atoms with Crippen molar-refractivity contribution in [1.82, 2.24) is 4.98 Å². The highest BCUT2D eigenvalue weighted by Crippen LogP contribution is 2.36. The van der Waals surface area contributed by atoms with Gasteiger partial charge < -0.3 is 10.2 Å². The van der Waals surface area contributed by atoms with E-state index >= 15 is 0 Å². The molecule has 1 fully saturated rings. The highest BCUT2D eigenvalue weighted by atomic mass is 35.5. The van der Waals surface area contributed by atoms with Crippen LogP contribution in [0.25, 0.3) is 0 Å². The summed E-state index contributed by atoms with van der Waals surface area (Å²) in [5, 5.41) is 4.17. The molecule has 0 aromatic carbocycles. The summed E-state index contributed by atoms with van der Waals surface area (Å²) in [6, 6.07) is 2.14. The predicted octanol–water partition coefficient (Wildman–Crippen LogP) is 4.05. The Balaban J connectivity index is 2.32. The van der Waals surface area contributed by atoms with E-state index in [1.165, 1.54) is 12.8 Å². The molecule has 1 heterocycles. The van der Waals surface area contributed by atoms with Crippen molar-refractivity contribution in [2.75, 3.05) is 23.8 Å². The molecule has 0 bridgehead atoms. The summed E-state index contributed by atoms with van der Waals surface area (Å²) >= 11 is 12.4. The summed E-state index contributed by atoms with van der Waals surface area (Å²) in [5.74, 6) is 2.30. The molecule has 1 N–H and O–H groups in total. The van der Waals surface area contributed by atoms with Gasteiger partial charge in [-0.1, -0.05) is 23.2 Å². The zero-order valence-corrected chi connectivity index (χ0v) is 12.5. The second-order valence-electron chi connectivity index (χ2n) is 5.06. The van der Waals surface area contributed by atoms with E-state index in [4.69, 9.17) is 23.2 Å². The van der Waals surface area contributed by atoms with E-state index in [9.17, 15) is 0 Å². The maximum atomic E-state index is 6.28. The summed E-state index contributed by atoms with van der Waals surface area (Å²) in [6.45, 7) is 5.34. The van der Waals surface area contributed by atoms with Crippen LogP contribution in [-0.2, 0) is 0 Å². The Bertz CT molecular complexity index is 430. The summed E-state index contributed by atoms with van der Waals surface area (Å²) in [7, 11) is 1.81. The monoisotopic (exact) mass is 287 g/mol. The van der Waals surface area contributed by atoms with Gasteiger partial charge in [0.15, 0.2) is 0 Å². The number of nitrogens with one attached hydrogen (secondary N) is 1. The van der Waals surface area contributed by atoms with Crippen LogP contribution in [0.3, 0.4) is 0 Å². The maximum absolute atomic E-state index is 6.28. The van der Waals surface area contributed by atoms with Gasteiger partial charge >= 0.3 is 0 Å². The molecule has 2 rings (SSSR count). The molecular weight excluding hydrogens is 269 g/mol. The fraction of sp³-hybridized carbons (Fsp3) is 0.615. The van der Waals surface area contributed by atoms with Crippen molar-refractivity contribution in [1.29, 1.82) is 0 Å². The molecule has 1 aliphatic carbocycles. The quantitative estimate of drug-likeness (QED) is 0.885. The Kier molecular flexibility index (Phi) is 4.23. The fourth-order valence-electron chi connectivity index (χ4n) is 1.95. The summed E-state index contributed by atoms with van der Waals surface area (Å²) in [5.41, 5.74) is 0. The minimum atomic E-state index is 0.376. The van der Waals surface area contributed by atoms with Crippen molar-refractivity contribution >= 4 is 34.8 Å². The second kappa shape index (κ2) is 5.54. The van der Waals surface area contributed by atoms with Crippen molar-refractivity contribution in [3.63, 3.8) is 0 Å². The third-order valence-corrected chi connectivity index (χ3v) is 3.76. The van der Waals surface area contributed by atoms with Crippen LogP contribution in [0.15, 0.2) is 6.07 Å². The Hall–Kier alpha value is -0.670. The molecule has 1 aliphatic rings. The molecular formula is C13H19Cl2N3. The van der Waals surface area contributed by atoms with Crippen LogP contribution in [0.1, 0.15) is 26.7 Å². The van der Waals surface area contributed by atoms with Gasteiger partial charge in [0.05, 0.1) is 10.0 Å². The average Bonchev–Trinajstić information content (AvgIpc) is 3.10. The molecule has 0 atom stereocenters. The average molecular weight is 288 g/mol. The second-order valence-corrected chi connectivity index (χ2v) is 5.88. The van der Waals surface area contributed by atoms with Gasteiger partial charge in [0.25, 0.3) is 0 Å². The van der Waals surface area contributed by atoms with Crippen molar-refractivity contribution in [3.8, 4) is 0 Å². The number of hydrogen-bond donors (Lipinski definition) is 1. The highest BCUT2D eigenvalue weighted by Gasteiger charge is 2.27. The Morgan fingerprint density at radius 3 is 2.56 bits per heavy atom. The zero-order chi connectivity index (χ0) is 13.3. The maximum Gasteiger partial charge on any atom is 0.150 e. The Morgan fingerprint density at radius 1 is 1.39 bits per heavy atom. The lowest BCUT2D eigenvalue weighted by Gasteiger charge is -2.29. The van der Waals surface area contributed by atoms with E-state index in [0.717, 1.165) is 18.3 Å². The summed E-state index contributed by atoms with van der Waals surface area (Å²) in [4.78, 5) is 6.80. The lowest BCUT2D eigenvalue weighted by molar-refractivity contribution is 0.637. The van der Waals surface area contributed by atoms with Crippen LogP contribution < -0.4 is 10.2 Å². The molecule has 0 spiro atoms. The molecule has 1 aromatic rings. The molecule has 100 valence electrons. The van der Waals surface area contributed by atoms with Gasteiger partial charge in [0, 0.05) is 19.6 Å². The molecule has 0 amide bonds. The SMILES string of the molecule is CNc1nc(N(CC2CC2)C(C)C)c(Cl)cc1Cl. The number of aromatic nitrogens is 1. The lowest BCUT2D eigenvalue weighted by Crippen LogP contribution is -2.33. The number of halogens is 2. The molecule has 0 radical (unpaired) electrons. The fourth-order valence-corrected chi connectivity index (χ4v) is 2.52. The minimum absolute atomic E-state index is 0.376. The number of anilines is 2. The Morgan fingerprint density at radius 2 is 2.06 bits per heavy atom. The smallest absolute Gasteiger partial charge is 0.150 e. The highest BCUT2D eigenvalue weighted by molar-refractivity contribution is 6.37. The molecule has 0 unspecified atom stereocenters. The molecule has 0 saturated heterocycles. The largest absolute Gasteiger partial charge is 0.372 e. The molecule has 3 nitrogen and oxygen atoms in total. The molecule has 1 saturated carbocycles. The number of nitrogens with zero attached hydrogens (tertiary/aromatic N) is 2. The van der Waals surface area contributed by atoms with Crippen LogP contribution >= 0.6 is 23.2 Å². The van der Waals surface area contributed by atoms with Gasteiger partial charge in [-0.3, -0.25) is 0 Å². The Labute approximate surface area is 118 Å². The minimum Gasteiger partial charge on any atom is -0.372 e. The van der Waals surface area contributed by atoms with E-state index in [0.29, 0.717) is 21.9 Å². The first-order valence-corrected chi connectivity index (χ1v) is 7.09. The molecule has 5 heteroatoms. The normalized spacial score (nSPS) is 15.0. The third kappa shape index (κ3) is 3.01. The topological polar surface area (TPSA) is 28.2 Å². The molecule has 18 heavy (non-hydrogen) atoms. The predicted molar refractivity (Wildman–Crippen MR) is 79.0 cm³/mol. The molecule has 0 aliphatic heterocycles. The van der Waals surface area contributed by atoms with Gasteiger partial charge in [-0.25, -0.2) is 4.98 Å².